The minimum Gasteiger partial charge on any atom is -0.325 e. The van der Waals surface area contributed by atoms with E-state index in [1.807, 2.05) is 43.3 Å². The summed E-state index contributed by atoms with van der Waals surface area (Å²) < 4.78 is 0. The van der Waals surface area contributed by atoms with Gasteiger partial charge in [0.2, 0.25) is 5.91 Å². The van der Waals surface area contributed by atoms with E-state index >= 15 is 0 Å². The molecule has 0 heterocycles. The van der Waals surface area contributed by atoms with E-state index in [1.54, 1.807) is 4.90 Å². The number of carbonyl (C=O) groups excluding carboxylic acids is 1. The molecule has 0 aliphatic rings. The highest BCUT2D eigenvalue weighted by molar-refractivity contribution is 5.92. The summed E-state index contributed by atoms with van der Waals surface area (Å²) in [7, 11) is 0. The first kappa shape index (κ1) is 12.2. The highest BCUT2D eigenvalue weighted by Gasteiger charge is 2.08. The molecule has 1 aromatic carbocycles. The monoisotopic (exact) mass is 217 g/mol. The van der Waals surface area contributed by atoms with E-state index in [4.69, 9.17) is 5.26 Å². The highest BCUT2D eigenvalue weighted by Crippen LogP contribution is 2.04. The van der Waals surface area contributed by atoms with Crippen molar-refractivity contribution in [2.24, 2.45) is 0 Å². The Bertz CT molecular complexity index is 370. The van der Waals surface area contributed by atoms with E-state index in [0.29, 0.717) is 6.54 Å². The van der Waals surface area contributed by atoms with E-state index < -0.39 is 0 Å². The van der Waals surface area contributed by atoms with Gasteiger partial charge < -0.3 is 5.32 Å². The molecule has 1 aromatic rings. The number of amides is 1. The number of nitrogens with one attached hydrogen (secondary N) is 1. The number of nitriles is 1. The van der Waals surface area contributed by atoms with Crippen LogP contribution in [0.2, 0.25) is 0 Å². The summed E-state index contributed by atoms with van der Waals surface area (Å²) >= 11 is 0. The van der Waals surface area contributed by atoms with Gasteiger partial charge in [0.05, 0.1) is 19.2 Å². The quantitative estimate of drug-likeness (QED) is 0.760. The normalized spacial score (nSPS) is 9.81. The van der Waals surface area contributed by atoms with Gasteiger partial charge in [-0.25, -0.2) is 0 Å². The zero-order valence-electron chi connectivity index (χ0n) is 9.31. The van der Waals surface area contributed by atoms with E-state index in [0.717, 1.165) is 5.69 Å². The third kappa shape index (κ3) is 4.11. The maximum absolute atomic E-state index is 11.6. The molecule has 1 N–H and O–H groups in total. The summed E-state index contributed by atoms with van der Waals surface area (Å²) in [6.45, 7) is 3.14. The molecule has 0 aliphatic heterocycles. The molecule has 0 bridgehead atoms. The zero-order chi connectivity index (χ0) is 11.8. The molecule has 0 atom stereocenters. The molecule has 0 spiro atoms. The van der Waals surface area contributed by atoms with Gasteiger partial charge in [0.15, 0.2) is 0 Å². The number of carbonyl (C=O) groups is 1. The van der Waals surface area contributed by atoms with E-state index in [2.05, 4.69) is 5.32 Å². The maximum atomic E-state index is 11.6. The van der Waals surface area contributed by atoms with Crippen LogP contribution in [0.4, 0.5) is 5.69 Å². The third-order valence-corrected chi connectivity index (χ3v) is 2.17. The van der Waals surface area contributed by atoms with Crippen LogP contribution in [-0.2, 0) is 4.79 Å². The number of nitrogens with zero attached hydrogens (tertiary/aromatic N) is 2. The first-order valence-electron chi connectivity index (χ1n) is 5.20. The van der Waals surface area contributed by atoms with Gasteiger partial charge in [0.25, 0.3) is 0 Å². The second-order valence-electron chi connectivity index (χ2n) is 3.38. The average molecular weight is 217 g/mol. The topological polar surface area (TPSA) is 56.1 Å². The summed E-state index contributed by atoms with van der Waals surface area (Å²) in [5.41, 5.74) is 0.778. The van der Waals surface area contributed by atoms with Gasteiger partial charge in [-0.1, -0.05) is 25.1 Å². The Hall–Kier alpha value is -1.86. The number of anilines is 1. The second-order valence-corrected chi connectivity index (χ2v) is 3.38. The lowest BCUT2D eigenvalue weighted by molar-refractivity contribution is -0.117. The molecule has 4 heteroatoms. The van der Waals surface area contributed by atoms with E-state index in [1.165, 1.54) is 0 Å². The number of hydrogen-bond acceptors (Lipinski definition) is 3. The van der Waals surface area contributed by atoms with Crippen molar-refractivity contribution in [3.63, 3.8) is 0 Å². The Morgan fingerprint density at radius 2 is 2.12 bits per heavy atom. The number of hydrogen-bond donors (Lipinski definition) is 1. The summed E-state index contributed by atoms with van der Waals surface area (Å²) in [6.07, 6.45) is 0. The first-order chi connectivity index (χ1) is 7.76. The Balaban J connectivity index is 2.44. The van der Waals surface area contributed by atoms with Gasteiger partial charge in [-0.2, -0.15) is 5.26 Å². The lowest BCUT2D eigenvalue weighted by Crippen LogP contribution is -2.33. The highest BCUT2D eigenvalue weighted by atomic mass is 16.2. The van der Waals surface area contributed by atoms with Crippen molar-refractivity contribution in [3.8, 4) is 6.07 Å². The molecule has 1 amide bonds. The fraction of sp³-hybridized carbons (Fsp3) is 0.333. The number of likely N-dealkylation sites (N-methyl/N-ethyl adjacent to an activating group) is 1. The molecular formula is C12H15N3O. The zero-order valence-corrected chi connectivity index (χ0v) is 9.31. The Kier molecular flexibility index (Phi) is 5.03. The third-order valence-electron chi connectivity index (χ3n) is 2.17. The van der Waals surface area contributed by atoms with E-state index in [-0.39, 0.29) is 19.0 Å². The molecule has 84 valence electrons. The van der Waals surface area contributed by atoms with Gasteiger partial charge in [-0.15, -0.1) is 0 Å². The number of benzene rings is 1. The molecule has 16 heavy (non-hydrogen) atoms. The van der Waals surface area contributed by atoms with Crippen LogP contribution in [0.25, 0.3) is 0 Å². The standard InChI is InChI=1S/C12H15N3O/c1-2-15(9-8-13)10-12(16)14-11-6-4-3-5-7-11/h3-7H,2,9-10H2,1H3,(H,14,16). The molecule has 0 unspecified atom stereocenters. The predicted molar refractivity (Wildman–Crippen MR) is 62.8 cm³/mol. The molecule has 0 aromatic heterocycles. The predicted octanol–water partition coefficient (Wildman–Crippen LogP) is 1.47. The fourth-order valence-corrected chi connectivity index (χ4v) is 1.30. The van der Waals surface area contributed by atoms with Gasteiger partial charge in [0, 0.05) is 5.69 Å². The molecular weight excluding hydrogens is 202 g/mol. The van der Waals surface area contributed by atoms with Crippen LogP contribution in [0.1, 0.15) is 6.92 Å². The van der Waals surface area contributed by atoms with Gasteiger partial charge in [0.1, 0.15) is 0 Å². The first-order valence-corrected chi connectivity index (χ1v) is 5.20. The molecule has 4 nitrogen and oxygen atoms in total. The van der Waals surface area contributed by atoms with Crippen LogP contribution in [0.3, 0.4) is 0 Å². The van der Waals surface area contributed by atoms with Crippen molar-refractivity contribution in [1.29, 1.82) is 5.26 Å². The molecule has 0 saturated heterocycles. The molecule has 1 rings (SSSR count). The molecule has 0 saturated carbocycles. The largest absolute Gasteiger partial charge is 0.325 e. The number of para-hydroxylation sites is 1. The summed E-state index contributed by atoms with van der Waals surface area (Å²) in [6, 6.07) is 11.3. The minimum atomic E-state index is -0.0942. The Morgan fingerprint density at radius 3 is 2.69 bits per heavy atom. The van der Waals surface area contributed by atoms with Crippen LogP contribution < -0.4 is 5.32 Å². The maximum Gasteiger partial charge on any atom is 0.238 e. The lowest BCUT2D eigenvalue weighted by atomic mass is 10.3. The van der Waals surface area contributed by atoms with Crippen molar-refractivity contribution in [2.45, 2.75) is 6.92 Å². The lowest BCUT2D eigenvalue weighted by Gasteiger charge is -2.15. The van der Waals surface area contributed by atoms with Crippen LogP contribution in [0.5, 0.6) is 0 Å². The van der Waals surface area contributed by atoms with E-state index in [9.17, 15) is 4.79 Å². The van der Waals surface area contributed by atoms with Gasteiger partial charge in [-0.3, -0.25) is 9.69 Å². The number of rotatable bonds is 5. The summed E-state index contributed by atoms with van der Waals surface area (Å²) in [5, 5.41) is 11.3. The second kappa shape index (κ2) is 6.59. The average Bonchev–Trinajstić information content (AvgIpc) is 2.29. The fourth-order valence-electron chi connectivity index (χ4n) is 1.30. The van der Waals surface area contributed by atoms with Crippen molar-refractivity contribution in [3.05, 3.63) is 30.3 Å². The molecule has 0 radical (unpaired) electrons. The molecule has 0 fully saturated rings. The van der Waals surface area contributed by atoms with Crippen molar-refractivity contribution >= 4 is 11.6 Å². The smallest absolute Gasteiger partial charge is 0.238 e. The van der Waals surface area contributed by atoms with Gasteiger partial charge in [-0.05, 0) is 18.7 Å². The summed E-state index contributed by atoms with van der Waals surface area (Å²) in [4.78, 5) is 13.4. The van der Waals surface area contributed by atoms with Crippen LogP contribution in [0, 0.1) is 11.3 Å². The SMILES string of the molecule is CCN(CC#N)CC(=O)Nc1ccccc1. The van der Waals surface area contributed by atoms with Crippen molar-refractivity contribution < 1.29 is 4.79 Å². The van der Waals surface area contributed by atoms with Crippen molar-refractivity contribution in [1.82, 2.24) is 4.90 Å². The van der Waals surface area contributed by atoms with Gasteiger partial charge >= 0.3 is 0 Å². The summed E-state index contributed by atoms with van der Waals surface area (Å²) in [5.74, 6) is -0.0942. The van der Waals surface area contributed by atoms with Crippen molar-refractivity contribution in [2.75, 3.05) is 25.0 Å². The molecule has 0 aliphatic carbocycles. The Labute approximate surface area is 95.5 Å². The van der Waals surface area contributed by atoms with Crippen LogP contribution in [0.15, 0.2) is 30.3 Å². The van der Waals surface area contributed by atoms with Crippen LogP contribution in [-0.4, -0.2) is 30.4 Å². The minimum absolute atomic E-state index is 0.0942. The van der Waals surface area contributed by atoms with Crippen LogP contribution >= 0.6 is 0 Å². The Morgan fingerprint density at radius 1 is 1.44 bits per heavy atom.